The van der Waals surface area contributed by atoms with E-state index in [0.717, 1.165) is 25.7 Å². The number of halogens is 1. The number of benzene rings is 2. The van der Waals surface area contributed by atoms with Gasteiger partial charge in [0.05, 0.1) is 0 Å². The maximum absolute atomic E-state index is 13.3. The molecule has 5 nitrogen and oxygen atoms in total. The van der Waals surface area contributed by atoms with Crippen molar-refractivity contribution in [1.82, 2.24) is 4.90 Å². The molecular formula is C24H26FN3O2. The third-order valence-electron chi connectivity index (χ3n) is 5.95. The first-order valence-electron chi connectivity index (χ1n) is 10.5. The Bertz CT molecular complexity index is 975. The third kappa shape index (κ3) is 3.86. The Morgan fingerprint density at radius 2 is 1.73 bits per heavy atom. The lowest BCUT2D eigenvalue weighted by atomic mass is 10.0. The molecule has 2 aromatic rings. The molecule has 30 heavy (non-hydrogen) atoms. The van der Waals surface area contributed by atoms with E-state index >= 15 is 0 Å². The van der Waals surface area contributed by atoms with E-state index in [4.69, 9.17) is 4.99 Å². The minimum Gasteiger partial charge on any atom is -0.325 e. The fourth-order valence-corrected chi connectivity index (χ4v) is 4.27. The van der Waals surface area contributed by atoms with Crippen molar-refractivity contribution in [2.75, 3.05) is 11.9 Å². The number of hydrogen-bond acceptors (Lipinski definition) is 3. The third-order valence-corrected chi connectivity index (χ3v) is 5.95. The number of amides is 2. The summed E-state index contributed by atoms with van der Waals surface area (Å²) in [6, 6.07) is 13.5. The van der Waals surface area contributed by atoms with Crippen LogP contribution in [-0.4, -0.2) is 34.6 Å². The van der Waals surface area contributed by atoms with Gasteiger partial charge in [-0.1, -0.05) is 26.0 Å². The Hall–Kier alpha value is -3.02. The maximum Gasteiger partial charge on any atom is 0.275 e. The molecule has 1 aliphatic heterocycles. The molecule has 1 fully saturated rings. The summed E-state index contributed by atoms with van der Waals surface area (Å²) < 4.78 is 13.3. The molecule has 0 atom stereocenters. The minimum absolute atomic E-state index is 0.0566. The molecule has 6 heteroatoms. The van der Waals surface area contributed by atoms with Crippen LogP contribution in [0.1, 0.15) is 56.6 Å². The molecule has 1 N–H and O–H groups in total. The van der Waals surface area contributed by atoms with E-state index in [-0.39, 0.29) is 24.2 Å². The summed E-state index contributed by atoms with van der Waals surface area (Å²) in [5, 5.41) is 2.89. The van der Waals surface area contributed by atoms with Crippen molar-refractivity contribution >= 4 is 23.2 Å². The zero-order valence-electron chi connectivity index (χ0n) is 17.3. The Morgan fingerprint density at radius 1 is 1.10 bits per heavy atom. The van der Waals surface area contributed by atoms with Crippen LogP contribution in [0.5, 0.6) is 0 Å². The van der Waals surface area contributed by atoms with Gasteiger partial charge in [-0.05, 0) is 73.6 Å². The van der Waals surface area contributed by atoms with Gasteiger partial charge in [-0.2, -0.15) is 0 Å². The number of hydrogen-bond donors (Lipinski definition) is 1. The summed E-state index contributed by atoms with van der Waals surface area (Å²) in [7, 11) is 0. The van der Waals surface area contributed by atoms with Crippen molar-refractivity contribution in [3.63, 3.8) is 0 Å². The van der Waals surface area contributed by atoms with Crippen LogP contribution < -0.4 is 5.32 Å². The second-order valence-electron chi connectivity index (χ2n) is 8.37. The van der Waals surface area contributed by atoms with E-state index in [2.05, 4.69) is 19.2 Å². The predicted molar refractivity (Wildman–Crippen MR) is 115 cm³/mol. The van der Waals surface area contributed by atoms with Crippen molar-refractivity contribution in [3.8, 4) is 0 Å². The first-order valence-corrected chi connectivity index (χ1v) is 10.5. The molecule has 4 rings (SSSR count). The highest BCUT2D eigenvalue weighted by Gasteiger charge is 2.49. The second-order valence-corrected chi connectivity index (χ2v) is 8.37. The van der Waals surface area contributed by atoms with Crippen molar-refractivity contribution in [2.24, 2.45) is 4.99 Å². The molecule has 2 aromatic carbocycles. The summed E-state index contributed by atoms with van der Waals surface area (Å²) in [5.74, 6) is -0.461. The van der Waals surface area contributed by atoms with Crippen molar-refractivity contribution in [2.45, 2.75) is 51.1 Å². The molecular weight excluding hydrogens is 381 g/mol. The highest BCUT2D eigenvalue weighted by Crippen LogP contribution is 2.41. The lowest BCUT2D eigenvalue weighted by Gasteiger charge is -2.32. The van der Waals surface area contributed by atoms with Crippen molar-refractivity contribution < 1.29 is 14.0 Å². The van der Waals surface area contributed by atoms with Gasteiger partial charge in [-0.15, -0.1) is 0 Å². The standard InChI is InChI=1S/C24H26FN3O2/c1-16(2)17-7-11-20(12-8-17)26-21(29)15-28-23(30)22(18-5-9-19(25)10-6-18)27-24(28)13-3-4-14-24/h5-12,16H,3-4,13-15H2,1-2H3,(H,26,29). The largest absolute Gasteiger partial charge is 0.325 e. The van der Waals surface area contributed by atoms with Gasteiger partial charge in [-0.25, -0.2) is 4.39 Å². The molecule has 1 aliphatic carbocycles. The van der Waals surface area contributed by atoms with E-state index in [0.29, 0.717) is 22.9 Å². The van der Waals surface area contributed by atoms with Crippen LogP contribution in [0.3, 0.4) is 0 Å². The van der Waals surface area contributed by atoms with Crippen LogP contribution in [0.2, 0.25) is 0 Å². The number of nitrogens with zero attached hydrogens (tertiary/aromatic N) is 2. The summed E-state index contributed by atoms with van der Waals surface area (Å²) >= 11 is 0. The molecule has 0 unspecified atom stereocenters. The Labute approximate surface area is 176 Å². The summed E-state index contributed by atoms with van der Waals surface area (Å²) in [5.41, 5.74) is 2.13. The zero-order chi connectivity index (χ0) is 21.3. The molecule has 2 aliphatic rings. The summed E-state index contributed by atoms with van der Waals surface area (Å²) in [6.07, 6.45) is 3.39. The van der Waals surface area contributed by atoms with Crippen LogP contribution in [0, 0.1) is 5.82 Å². The topological polar surface area (TPSA) is 61.8 Å². The lowest BCUT2D eigenvalue weighted by molar-refractivity contribution is -0.132. The van der Waals surface area contributed by atoms with Crippen LogP contribution in [0.25, 0.3) is 0 Å². The number of carbonyl (C=O) groups is 2. The smallest absolute Gasteiger partial charge is 0.275 e. The van der Waals surface area contributed by atoms with Crippen LogP contribution in [0.4, 0.5) is 10.1 Å². The Morgan fingerprint density at radius 3 is 2.33 bits per heavy atom. The van der Waals surface area contributed by atoms with Gasteiger partial charge in [0.1, 0.15) is 23.7 Å². The number of rotatable bonds is 5. The quantitative estimate of drug-likeness (QED) is 0.794. The van der Waals surface area contributed by atoms with E-state index in [1.165, 1.54) is 17.7 Å². The fourth-order valence-electron chi connectivity index (χ4n) is 4.27. The van der Waals surface area contributed by atoms with Gasteiger partial charge < -0.3 is 10.2 Å². The first kappa shape index (κ1) is 20.3. The highest BCUT2D eigenvalue weighted by molar-refractivity contribution is 6.47. The molecule has 1 heterocycles. The van der Waals surface area contributed by atoms with E-state index in [1.54, 1.807) is 17.0 Å². The van der Waals surface area contributed by atoms with E-state index in [9.17, 15) is 14.0 Å². The Kier molecular flexibility index (Phi) is 5.41. The molecule has 0 radical (unpaired) electrons. The van der Waals surface area contributed by atoms with Gasteiger partial charge in [0.2, 0.25) is 5.91 Å². The number of nitrogens with one attached hydrogen (secondary N) is 1. The number of anilines is 1. The molecule has 2 amide bonds. The summed E-state index contributed by atoms with van der Waals surface area (Å²) in [6.45, 7) is 4.18. The number of aliphatic imine (C=N–C) groups is 1. The minimum atomic E-state index is -0.667. The van der Waals surface area contributed by atoms with Crippen LogP contribution >= 0.6 is 0 Å². The molecule has 156 valence electrons. The van der Waals surface area contributed by atoms with Crippen molar-refractivity contribution in [3.05, 3.63) is 65.5 Å². The van der Waals surface area contributed by atoms with E-state index < -0.39 is 5.66 Å². The van der Waals surface area contributed by atoms with Gasteiger partial charge in [0.25, 0.3) is 5.91 Å². The first-order chi connectivity index (χ1) is 14.4. The number of carbonyl (C=O) groups excluding carboxylic acids is 2. The van der Waals surface area contributed by atoms with Gasteiger partial charge in [-0.3, -0.25) is 14.6 Å². The average molecular weight is 407 g/mol. The van der Waals surface area contributed by atoms with Crippen LogP contribution in [0.15, 0.2) is 53.5 Å². The normalized spacial score (nSPS) is 17.7. The zero-order valence-corrected chi connectivity index (χ0v) is 17.3. The molecule has 1 saturated carbocycles. The molecule has 1 spiro atoms. The van der Waals surface area contributed by atoms with Crippen LogP contribution in [-0.2, 0) is 9.59 Å². The molecule has 0 saturated heterocycles. The fraction of sp³-hybridized carbons (Fsp3) is 0.375. The highest BCUT2D eigenvalue weighted by atomic mass is 19.1. The molecule has 0 aromatic heterocycles. The molecule has 0 bridgehead atoms. The maximum atomic E-state index is 13.3. The lowest BCUT2D eigenvalue weighted by Crippen LogP contribution is -2.48. The van der Waals surface area contributed by atoms with Gasteiger partial charge >= 0.3 is 0 Å². The average Bonchev–Trinajstić information content (AvgIpc) is 3.30. The van der Waals surface area contributed by atoms with Gasteiger partial charge in [0.15, 0.2) is 0 Å². The van der Waals surface area contributed by atoms with Crippen molar-refractivity contribution in [1.29, 1.82) is 0 Å². The second kappa shape index (κ2) is 8.01. The summed E-state index contributed by atoms with van der Waals surface area (Å²) in [4.78, 5) is 32.3. The monoisotopic (exact) mass is 407 g/mol. The predicted octanol–water partition coefficient (Wildman–Crippen LogP) is 4.49. The van der Waals surface area contributed by atoms with E-state index in [1.807, 2.05) is 24.3 Å². The Balaban J connectivity index is 1.52. The van der Waals surface area contributed by atoms with Gasteiger partial charge in [0, 0.05) is 11.3 Å². The SMILES string of the molecule is CC(C)c1ccc(NC(=O)CN2C(=O)C(c3ccc(F)cc3)=NC23CCCC3)cc1.